The molecule has 2 atom stereocenters. The van der Waals surface area contributed by atoms with Gasteiger partial charge in [-0.25, -0.2) is 0 Å². The Labute approximate surface area is 157 Å². The van der Waals surface area contributed by atoms with E-state index in [4.69, 9.17) is 0 Å². The fourth-order valence-electron chi connectivity index (χ4n) is 3.36. The lowest BCUT2D eigenvalue weighted by molar-refractivity contribution is -0.139. The smallest absolute Gasteiger partial charge is 0.360 e. The third kappa shape index (κ3) is 3.01. The molecule has 1 amide bonds. The van der Waals surface area contributed by atoms with E-state index in [0.717, 1.165) is 6.07 Å². The number of nitrogens with zero attached hydrogens (tertiary/aromatic N) is 2. The highest BCUT2D eigenvalue weighted by Gasteiger charge is 2.44. The fourth-order valence-corrected chi connectivity index (χ4v) is 3.74. The normalized spacial score (nSPS) is 21.6. The maximum absolute atomic E-state index is 13.6. The van der Waals surface area contributed by atoms with Crippen molar-refractivity contribution >= 4 is 28.5 Å². The zero-order valence-corrected chi connectivity index (χ0v) is 14.9. The number of fused-ring (bicyclic) bond motifs is 3. The molecule has 0 saturated heterocycles. The molecule has 2 aromatic carbocycles. The van der Waals surface area contributed by atoms with Gasteiger partial charge in [-0.05, 0) is 18.4 Å². The van der Waals surface area contributed by atoms with Crippen molar-refractivity contribution in [1.82, 2.24) is 10.3 Å². The van der Waals surface area contributed by atoms with Gasteiger partial charge >= 0.3 is 6.18 Å². The molecule has 0 unspecified atom stereocenters. The number of halogens is 3. The Bertz CT molecular complexity index is 931. The van der Waals surface area contributed by atoms with Crippen LogP contribution in [0, 0.1) is 0 Å². The Morgan fingerprint density at radius 1 is 1.07 bits per heavy atom. The van der Waals surface area contributed by atoms with E-state index < -0.39 is 23.9 Å². The van der Waals surface area contributed by atoms with Crippen LogP contribution in [0.25, 0.3) is 0 Å². The largest absolute Gasteiger partial charge is 0.416 e. The maximum Gasteiger partial charge on any atom is 0.416 e. The van der Waals surface area contributed by atoms with Gasteiger partial charge < -0.3 is 10.6 Å². The summed E-state index contributed by atoms with van der Waals surface area (Å²) in [6, 6.07) is 11.6. The number of hydrazone groups is 1. The van der Waals surface area contributed by atoms with E-state index >= 15 is 0 Å². The molecule has 27 heavy (non-hydrogen) atoms. The molecule has 0 bridgehead atoms. The van der Waals surface area contributed by atoms with Gasteiger partial charge in [0.25, 0.3) is 5.91 Å². The van der Waals surface area contributed by atoms with Gasteiger partial charge in [-0.3, -0.25) is 9.80 Å². The van der Waals surface area contributed by atoms with Crippen LogP contribution in [0.5, 0.6) is 0 Å². The summed E-state index contributed by atoms with van der Waals surface area (Å²) in [7, 11) is 0. The standard InChI is InChI=1S/C18H15F3N4OS/c1-27-17-23-16(26)14-11-7-3-5-9-13(11)22-15(25(14)24-17)10-6-2-4-8-12(10)18(19,20)21/h2-9,14-15,22H,1H3,(H,23,24,26)/t14-,15-/m1/s1. The Hall–Kier alpha value is -2.68. The average Bonchev–Trinajstić information content (AvgIpc) is 2.66. The van der Waals surface area contributed by atoms with Crippen molar-refractivity contribution in [2.75, 3.05) is 11.6 Å². The number of para-hydroxylation sites is 1. The molecule has 0 aliphatic carbocycles. The quantitative estimate of drug-likeness (QED) is 0.772. The number of thioether (sulfide) groups is 1. The van der Waals surface area contributed by atoms with Crippen molar-refractivity contribution in [1.29, 1.82) is 0 Å². The molecule has 2 N–H and O–H groups in total. The van der Waals surface area contributed by atoms with Crippen LogP contribution in [0.4, 0.5) is 18.9 Å². The van der Waals surface area contributed by atoms with Crippen LogP contribution >= 0.6 is 11.8 Å². The van der Waals surface area contributed by atoms with Crippen molar-refractivity contribution < 1.29 is 18.0 Å². The highest BCUT2D eigenvalue weighted by atomic mass is 32.2. The summed E-state index contributed by atoms with van der Waals surface area (Å²) in [6.45, 7) is 0. The number of alkyl halides is 3. The lowest BCUT2D eigenvalue weighted by Crippen LogP contribution is -2.51. The summed E-state index contributed by atoms with van der Waals surface area (Å²) < 4.78 is 40.7. The van der Waals surface area contributed by atoms with Crippen molar-refractivity contribution in [2.24, 2.45) is 5.10 Å². The lowest BCUT2D eigenvalue weighted by Gasteiger charge is -2.44. The van der Waals surface area contributed by atoms with Crippen molar-refractivity contribution in [3.8, 4) is 0 Å². The van der Waals surface area contributed by atoms with Crippen LogP contribution in [-0.2, 0) is 11.0 Å². The van der Waals surface area contributed by atoms with Gasteiger partial charge in [0.1, 0.15) is 6.17 Å². The summed E-state index contributed by atoms with van der Waals surface area (Å²) in [4.78, 5) is 12.7. The first-order valence-electron chi connectivity index (χ1n) is 8.13. The first-order valence-corrected chi connectivity index (χ1v) is 9.36. The van der Waals surface area contributed by atoms with E-state index in [-0.39, 0.29) is 11.5 Å². The van der Waals surface area contributed by atoms with Gasteiger partial charge in [-0.1, -0.05) is 48.2 Å². The molecule has 0 radical (unpaired) electrons. The Morgan fingerprint density at radius 3 is 2.44 bits per heavy atom. The molecule has 9 heteroatoms. The lowest BCUT2D eigenvalue weighted by atomic mass is 9.95. The van der Waals surface area contributed by atoms with E-state index in [1.54, 1.807) is 36.6 Å². The highest BCUT2D eigenvalue weighted by molar-refractivity contribution is 8.13. The van der Waals surface area contributed by atoms with Gasteiger partial charge in [0.2, 0.25) is 0 Å². The van der Waals surface area contributed by atoms with Crippen molar-refractivity contribution in [3.05, 3.63) is 65.2 Å². The summed E-state index contributed by atoms with van der Waals surface area (Å²) in [5.74, 6) is -0.321. The molecule has 2 heterocycles. The number of carbonyl (C=O) groups is 1. The third-order valence-corrected chi connectivity index (χ3v) is 5.09. The van der Waals surface area contributed by atoms with Crippen LogP contribution < -0.4 is 10.6 Å². The molecule has 140 valence electrons. The molecule has 0 spiro atoms. The Kier molecular flexibility index (Phi) is 4.26. The summed E-state index contributed by atoms with van der Waals surface area (Å²) in [6.07, 6.45) is -3.71. The van der Waals surface area contributed by atoms with Crippen molar-refractivity contribution in [2.45, 2.75) is 18.4 Å². The van der Waals surface area contributed by atoms with Crippen molar-refractivity contribution in [3.63, 3.8) is 0 Å². The number of carbonyl (C=O) groups excluding carboxylic acids is 1. The van der Waals surface area contributed by atoms with Crippen LogP contribution in [0.15, 0.2) is 53.6 Å². The van der Waals surface area contributed by atoms with Gasteiger partial charge in [-0.2, -0.15) is 13.2 Å². The number of amidine groups is 1. The predicted octanol–water partition coefficient (Wildman–Crippen LogP) is 3.94. The van der Waals surface area contributed by atoms with Crippen LogP contribution in [-0.4, -0.2) is 22.3 Å². The van der Waals surface area contributed by atoms with E-state index in [9.17, 15) is 18.0 Å². The maximum atomic E-state index is 13.6. The minimum Gasteiger partial charge on any atom is -0.360 e. The average molecular weight is 392 g/mol. The molecule has 0 aromatic heterocycles. The number of amides is 1. The second kappa shape index (κ2) is 6.49. The first kappa shape index (κ1) is 17.7. The van der Waals surface area contributed by atoms with E-state index in [1.807, 2.05) is 0 Å². The number of anilines is 1. The Morgan fingerprint density at radius 2 is 1.74 bits per heavy atom. The van der Waals surface area contributed by atoms with E-state index in [2.05, 4.69) is 15.7 Å². The minimum atomic E-state index is -4.52. The SMILES string of the molecule is CSC1=NN2[C@H](c3ccccc3C(F)(F)F)Nc3ccccc3[C@@H]2C(=O)N1. The number of benzene rings is 2. The van der Waals surface area contributed by atoms with E-state index in [0.29, 0.717) is 16.4 Å². The Balaban J connectivity index is 1.90. The second-order valence-electron chi connectivity index (χ2n) is 6.10. The van der Waals surface area contributed by atoms with Gasteiger partial charge in [0.15, 0.2) is 11.2 Å². The predicted molar refractivity (Wildman–Crippen MR) is 97.9 cm³/mol. The fraction of sp³-hybridized carbons (Fsp3) is 0.222. The van der Waals surface area contributed by atoms with Gasteiger partial charge in [0, 0.05) is 16.8 Å². The zero-order valence-electron chi connectivity index (χ0n) is 14.1. The first-order chi connectivity index (χ1) is 12.9. The van der Waals surface area contributed by atoms with Crippen LogP contribution in [0.3, 0.4) is 0 Å². The van der Waals surface area contributed by atoms with E-state index in [1.165, 1.54) is 28.9 Å². The number of hydrogen-bond acceptors (Lipinski definition) is 5. The number of nitrogens with one attached hydrogen (secondary N) is 2. The molecule has 2 aromatic rings. The molecule has 0 saturated carbocycles. The van der Waals surface area contributed by atoms with Crippen LogP contribution in [0.1, 0.15) is 28.9 Å². The molecule has 2 aliphatic rings. The molecule has 2 aliphatic heterocycles. The zero-order chi connectivity index (χ0) is 19.2. The molecule has 4 rings (SSSR count). The van der Waals surface area contributed by atoms with Crippen LogP contribution in [0.2, 0.25) is 0 Å². The second-order valence-corrected chi connectivity index (χ2v) is 6.90. The van der Waals surface area contributed by atoms with Gasteiger partial charge in [0.05, 0.1) is 5.56 Å². The topological polar surface area (TPSA) is 56.7 Å². The summed E-state index contributed by atoms with van der Waals surface area (Å²) >= 11 is 1.22. The third-order valence-electron chi connectivity index (χ3n) is 4.52. The number of hydrogen-bond donors (Lipinski definition) is 2. The monoisotopic (exact) mass is 392 g/mol. The summed E-state index contributed by atoms with van der Waals surface area (Å²) in [5, 5.41) is 12.0. The molecular formula is C18H15F3N4OS. The van der Waals surface area contributed by atoms with Gasteiger partial charge in [-0.15, -0.1) is 5.10 Å². The highest BCUT2D eigenvalue weighted by Crippen LogP contribution is 2.45. The molecular weight excluding hydrogens is 377 g/mol. The minimum absolute atomic E-state index is 0.0170. The number of rotatable bonds is 1. The summed E-state index contributed by atoms with van der Waals surface area (Å²) in [5.41, 5.74) is 0.536. The molecule has 5 nitrogen and oxygen atoms in total. The molecule has 0 fully saturated rings.